The van der Waals surface area contributed by atoms with Gasteiger partial charge in [0.2, 0.25) is 5.91 Å². The molecule has 0 saturated carbocycles. The molecule has 1 aliphatic rings. The van der Waals surface area contributed by atoms with Gasteiger partial charge in [0, 0.05) is 40.9 Å². The van der Waals surface area contributed by atoms with E-state index in [1.807, 2.05) is 41.4 Å². The number of aromatic nitrogens is 6. The van der Waals surface area contributed by atoms with Gasteiger partial charge in [-0.3, -0.25) is 4.79 Å². The minimum atomic E-state index is -0.396. The number of amides is 1. The van der Waals surface area contributed by atoms with Gasteiger partial charge >= 0.3 is 5.97 Å². The molecule has 0 aliphatic carbocycles. The largest absolute Gasteiger partial charge is 0.465 e. The van der Waals surface area contributed by atoms with Crippen LogP contribution in [0.3, 0.4) is 0 Å². The Kier molecular flexibility index (Phi) is 8.10. The van der Waals surface area contributed by atoms with E-state index >= 15 is 0 Å². The van der Waals surface area contributed by atoms with Gasteiger partial charge in [0.1, 0.15) is 12.2 Å². The molecule has 2 atom stereocenters. The number of methoxy groups -OCH3 is 1. The van der Waals surface area contributed by atoms with Crippen LogP contribution in [0.1, 0.15) is 52.1 Å². The maximum absolute atomic E-state index is 13.9. The second kappa shape index (κ2) is 12.4. The minimum Gasteiger partial charge on any atom is -0.465 e. The van der Waals surface area contributed by atoms with Crippen molar-refractivity contribution in [3.8, 4) is 16.9 Å². The lowest BCUT2D eigenvalue weighted by Crippen LogP contribution is -2.41. The SMILES string of the molecule is COC(=O)c1ccc(-c2c[nH]c(C3C(c4ccccc4)CCCN3C(=O)/C=C/c3cc(Cl)ccc3-n3cnnn3)n2)cc1. The Labute approximate surface area is 253 Å². The highest BCUT2D eigenvalue weighted by molar-refractivity contribution is 6.30. The Morgan fingerprint density at radius 3 is 2.63 bits per heavy atom. The Bertz CT molecular complexity index is 1750. The van der Waals surface area contributed by atoms with Gasteiger partial charge in [-0.25, -0.2) is 9.78 Å². The van der Waals surface area contributed by atoms with Crippen molar-refractivity contribution in [1.82, 2.24) is 35.1 Å². The Morgan fingerprint density at radius 1 is 1.07 bits per heavy atom. The molecule has 1 saturated heterocycles. The smallest absolute Gasteiger partial charge is 0.337 e. The maximum atomic E-state index is 13.9. The fourth-order valence-corrected chi connectivity index (χ4v) is 5.74. The van der Waals surface area contributed by atoms with Gasteiger partial charge in [-0.15, -0.1) is 5.10 Å². The van der Waals surface area contributed by atoms with Crippen LogP contribution in [0.5, 0.6) is 0 Å². The van der Waals surface area contributed by atoms with Gasteiger partial charge in [-0.1, -0.05) is 54.1 Å². The molecule has 0 spiro atoms. The summed E-state index contributed by atoms with van der Waals surface area (Å²) in [4.78, 5) is 36.0. The molecule has 43 heavy (non-hydrogen) atoms. The fraction of sp³-hybridized carbons (Fsp3) is 0.188. The third-order valence-corrected chi connectivity index (χ3v) is 7.85. The number of H-pyrrole nitrogens is 1. The summed E-state index contributed by atoms with van der Waals surface area (Å²) >= 11 is 6.29. The number of nitrogens with zero attached hydrogens (tertiary/aromatic N) is 6. The standard InChI is InChI=1S/C32H28ClN7O3/c1-43-32(42)23-11-9-22(10-12-23)27-19-34-31(36-27)30-26(21-6-3-2-4-7-21)8-5-17-39(30)29(41)16-13-24-18-25(33)14-15-28(24)40-20-35-37-38-40/h2-4,6-7,9-16,18-20,26,30H,5,8,17H2,1H3,(H,34,36)/b16-13+. The monoisotopic (exact) mass is 593 g/mol. The van der Waals surface area contributed by atoms with Gasteiger partial charge in [-0.05, 0) is 65.2 Å². The lowest BCUT2D eigenvalue weighted by Gasteiger charge is -2.40. The van der Waals surface area contributed by atoms with Crippen LogP contribution in [0.4, 0.5) is 0 Å². The lowest BCUT2D eigenvalue weighted by molar-refractivity contribution is -0.130. The van der Waals surface area contributed by atoms with E-state index in [2.05, 4.69) is 32.6 Å². The molecule has 3 heterocycles. The molecular weight excluding hydrogens is 566 g/mol. The average Bonchev–Trinajstić information content (AvgIpc) is 3.77. The van der Waals surface area contributed by atoms with E-state index in [4.69, 9.17) is 21.3 Å². The summed E-state index contributed by atoms with van der Waals surface area (Å²) in [5.41, 5.74) is 4.57. The number of hydrogen-bond acceptors (Lipinski definition) is 7. The van der Waals surface area contributed by atoms with E-state index in [1.54, 1.807) is 42.5 Å². The summed E-state index contributed by atoms with van der Waals surface area (Å²) in [6.45, 7) is 0.580. The molecule has 2 aromatic heterocycles. The molecule has 2 unspecified atom stereocenters. The molecule has 11 heteroatoms. The minimum absolute atomic E-state index is 0.0379. The zero-order chi connectivity index (χ0) is 29.8. The van der Waals surface area contributed by atoms with Crippen molar-refractivity contribution in [3.63, 3.8) is 0 Å². The van der Waals surface area contributed by atoms with E-state index in [1.165, 1.54) is 18.1 Å². The molecule has 216 valence electrons. The summed E-state index contributed by atoms with van der Waals surface area (Å²) in [5.74, 6) is 0.191. The number of tetrazole rings is 1. The summed E-state index contributed by atoms with van der Waals surface area (Å²) < 4.78 is 6.34. The third-order valence-electron chi connectivity index (χ3n) is 7.61. The highest BCUT2D eigenvalue weighted by Gasteiger charge is 2.37. The quantitative estimate of drug-likeness (QED) is 0.191. The fourth-order valence-electron chi connectivity index (χ4n) is 5.56. The van der Waals surface area contributed by atoms with E-state index < -0.39 is 5.97 Å². The molecule has 0 bridgehead atoms. The van der Waals surface area contributed by atoms with Crippen LogP contribution in [0.25, 0.3) is 23.0 Å². The zero-order valence-corrected chi connectivity index (χ0v) is 24.1. The lowest BCUT2D eigenvalue weighted by atomic mass is 9.83. The van der Waals surface area contributed by atoms with Crippen LogP contribution in [0.2, 0.25) is 5.02 Å². The number of halogens is 1. The molecular formula is C32H28ClN7O3. The summed E-state index contributed by atoms with van der Waals surface area (Å²) in [5, 5.41) is 12.0. The predicted octanol–water partition coefficient (Wildman–Crippen LogP) is 5.65. The number of rotatable bonds is 7. The number of piperidine rings is 1. The summed E-state index contributed by atoms with van der Waals surface area (Å²) in [6.07, 6.45) is 8.39. The van der Waals surface area contributed by atoms with Crippen LogP contribution in [0.15, 0.2) is 91.4 Å². The molecule has 0 radical (unpaired) electrons. The average molecular weight is 594 g/mol. The van der Waals surface area contributed by atoms with Gasteiger partial charge in [-0.2, -0.15) is 4.68 Å². The van der Waals surface area contributed by atoms with Crippen molar-refractivity contribution in [2.24, 2.45) is 0 Å². The van der Waals surface area contributed by atoms with Crippen molar-refractivity contribution in [2.45, 2.75) is 24.8 Å². The molecule has 10 nitrogen and oxygen atoms in total. The first kappa shape index (κ1) is 28.0. The van der Waals surface area contributed by atoms with Gasteiger partial charge in [0.25, 0.3) is 0 Å². The number of nitrogens with one attached hydrogen (secondary N) is 1. The van der Waals surface area contributed by atoms with Crippen LogP contribution in [-0.2, 0) is 9.53 Å². The molecule has 1 fully saturated rings. The Hall–Kier alpha value is -5.09. The van der Waals surface area contributed by atoms with Crippen molar-refractivity contribution in [3.05, 3.63) is 119 Å². The second-order valence-corrected chi connectivity index (χ2v) is 10.6. The van der Waals surface area contributed by atoms with E-state index in [0.717, 1.165) is 29.7 Å². The van der Waals surface area contributed by atoms with E-state index in [9.17, 15) is 9.59 Å². The first-order valence-electron chi connectivity index (χ1n) is 13.8. The van der Waals surface area contributed by atoms with Crippen LogP contribution in [0, 0.1) is 0 Å². The van der Waals surface area contributed by atoms with Crippen molar-refractivity contribution >= 4 is 29.6 Å². The van der Waals surface area contributed by atoms with Crippen LogP contribution < -0.4 is 0 Å². The number of likely N-dealkylation sites (tertiary alicyclic amines) is 1. The highest BCUT2D eigenvalue weighted by atomic mass is 35.5. The van der Waals surface area contributed by atoms with Crippen LogP contribution in [-0.4, -0.2) is 60.6 Å². The number of carbonyl (C=O) groups excluding carboxylic acids is 2. The van der Waals surface area contributed by atoms with E-state index in [-0.39, 0.29) is 17.9 Å². The normalized spacial score (nSPS) is 16.8. The molecule has 3 aromatic carbocycles. The van der Waals surface area contributed by atoms with E-state index in [0.29, 0.717) is 34.2 Å². The number of ether oxygens (including phenoxy) is 1. The number of imidazole rings is 1. The number of carbonyl (C=O) groups is 2. The molecule has 6 rings (SSSR count). The van der Waals surface area contributed by atoms with Crippen LogP contribution >= 0.6 is 11.6 Å². The van der Waals surface area contributed by atoms with Gasteiger partial charge < -0.3 is 14.6 Å². The Morgan fingerprint density at radius 2 is 1.88 bits per heavy atom. The van der Waals surface area contributed by atoms with Gasteiger partial charge in [0.15, 0.2) is 0 Å². The van der Waals surface area contributed by atoms with Crippen molar-refractivity contribution < 1.29 is 14.3 Å². The van der Waals surface area contributed by atoms with Crippen molar-refractivity contribution in [1.29, 1.82) is 0 Å². The topological polar surface area (TPSA) is 119 Å². The number of hydrogen-bond donors (Lipinski definition) is 1. The zero-order valence-electron chi connectivity index (χ0n) is 23.3. The molecule has 1 N–H and O–H groups in total. The van der Waals surface area contributed by atoms with Crippen molar-refractivity contribution in [2.75, 3.05) is 13.7 Å². The highest BCUT2D eigenvalue weighted by Crippen LogP contribution is 2.42. The third kappa shape index (κ3) is 5.96. The van der Waals surface area contributed by atoms with Gasteiger partial charge in [0.05, 0.1) is 30.1 Å². The molecule has 5 aromatic rings. The number of benzene rings is 3. The Balaban J connectivity index is 1.33. The maximum Gasteiger partial charge on any atom is 0.337 e. The summed E-state index contributed by atoms with van der Waals surface area (Å²) in [6, 6.07) is 22.3. The first-order chi connectivity index (χ1) is 21.0. The predicted molar refractivity (Wildman–Crippen MR) is 161 cm³/mol. The summed E-state index contributed by atoms with van der Waals surface area (Å²) in [7, 11) is 1.36. The molecule has 1 amide bonds. The second-order valence-electron chi connectivity index (χ2n) is 10.2. The number of esters is 1. The number of aromatic amines is 1. The first-order valence-corrected chi connectivity index (χ1v) is 14.2. The molecule has 1 aliphatic heterocycles.